The average Bonchev–Trinajstić information content (AvgIpc) is 2.75. The third-order valence-corrected chi connectivity index (χ3v) is 5.53. The van der Waals surface area contributed by atoms with Gasteiger partial charge in [-0.05, 0) is 34.4 Å². The van der Waals surface area contributed by atoms with E-state index in [1.807, 2.05) is 54.6 Å². The fourth-order valence-corrected chi connectivity index (χ4v) is 4.16. The molecule has 1 amide bonds. The summed E-state index contributed by atoms with van der Waals surface area (Å²) in [5, 5.41) is 19.9. The van der Waals surface area contributed by atoms with Gasteiger partial charge in [-0.15, -0.1) is 0 Å². The molecule has 0 unspecified atom stereocenters. The number of aromatic nitrogens is 1. The van der Waals surface area contributed by atoms with Gasteiger partial charge in [-0.3, -0.25) is 9.78 Å². The molecule has 1 aromatic heterocycles. The summed E-state index contributed by atoms with van der Waals surface area (Å²) in [6.07, 6.45) is 3.47. The molecule has 2 heterocycles. The summed E-state index contributed by atoms with van der Waals surface area (Å²) in [4.78, 5) is 18.4. The first-order valence-corrected chi connectivity index (χ1v) is 9.59. The fourth-order valence-electron chi connectivity index (χ4n) is 4.16. The monoisotopic (exact) mass is 383 g/mol. The maximum absolute atomic E-state index is 12.9. The van der Waals surface area contributed by atoms with E-state index in [0.717, 1.165) is 22.3 Å². The first kappa shape index (κ1) is 18.9. The summed E-state index contributed by atoms with van der Waals surface area (Å²) in [5.41, 5.74) is 3.90. The Morgan fingerprint density at radius 3 is 2.41 bits per heavy atom. The Bertz CT molecular complexity index is 1030. The second-order valence-electron chi connectivity index (χ2n) is 7.14. The molecule has 4 rings (SSSR count). The fraction of sp³-hybridized carbons (Fsp3) is 0.208. The number of nitriles is 1. The van der Waals surface area contributed by atoms with Crippen LogP contribution in [0.15, 0.2) is 79.1 Å². The number of rotatable bonds is 5. The maximum Gasteiger partial charge on any atom is 0.228 e. The van der Waals surface area contributed by atoms with Gasteiger partial charge in [-0.2, -0.15) is 5.26 Å². The molecule has 2 aromatic carbocycles. The molecule has 144 valence electrons. The number of carbonyl (C=O) groups excluding carboxylic acids is 1. The average molecular weight is 383 g/mol. The third kappa shape index (κ3) is 3.51. The van der Waals surface area contributed by atoms with Gasteiger partial charge >= 0.3 is 0 Å². The molecule has 5 heteroatoms. The van der Waals surface area contributed by atoms with E-state index in [2.05, 4.69) is 11.1 Å². The van der Waals surface area contributed by atoms with Crippen LogP contribution in [0.4, 0.5) is 0 Å². The van der Waals surface area contributed by atoms with Gasteiger partial charge in [0.05, 0.1) is 25.1 Å². The molecule has 1 N–H and O–H groups in total. The smallest absolute Gasteiger partial charge is 0.228 e. The number of aliphatic hydroxyl groups excluding tert-OH is 1. The minimum absolute atomic E-state index is 0.157. The normalized spacial score (nSPS) is 20.6. The first-order chi connectivity index (χ1) is 14.2. The maximum atomic E-state index is 12.9. The van der Waals surface area contributed by atoms with Crippen LogP contribution < -0.4 is 0 Å². The van der Waals surface area contributed by atoms with Crippen molar-refractivity contribution in [3.8, 4) is 17.2 Å². The lowest BCUT2D eigenvalue weighted by Crippen LogP contribution is -2.65. The molecule has 0 saturated carbocycles. The number of benzene rings is 2. The highest BCUT2D eigenvalue weighted by atomic mass is 16.3. The van der Waals surface area contributed by atoms with Gasteiger partial charge in [0.2, 0.25) is 5.91 Å². The van der Waals surface area contributed by atoms with Gasteiger partial charge in [0.25, 0.3) is 0 Å². The van der Waals surface area contributed by atoms with E-state index in [0.29, 0.717) is 0 Å². The zero-order chi connectivity index (χ0) is 20.2. The molecule has 29 heavy (non-hydrogen) atoms. The van der Waals surface area contributed by atoms with E-state index in [1.165, 1.54) is 4.90 Å². The van der Waals surface area contributed by atoms with Crippen molar-refractivity contribution in [1.29, 1.82) is 5.26 Å². The summed E-state index contributed by atoms with van der Waals surface area (Å²) >= 11 is 0. The number of nitrogens with zero attached hydrogens (tertiary/aromatic N) is 3. The summed E-state index contributed by atoms with van der Waals surface area (Å²) in [6.45, 7) is -0.186. The number of likely N-dealkylation sites (tertiary alicyclic amines) is 1. The molecule has 1 aliphatic rings. The highest BCUT2D eigenvalue weighted by molar-refractivity contribution is 5.82. The van der Waals surface area contributed by atoms with Crippen molar-refractivity contribution >= 4 is 5.91 Å². The zero-order valence-corrected chi connectivity index (χ0v) is 15.8. The third-order valence-electron chi connectivity index (χ3n) is 5.53. The largest absolute Gasteiger partial charge is 0.394 e. The number of hydrogen-bond acceptors (Lipinski definition) is 4. The Hall–Kier alpha value is -3.49. The van der Waals surface area contributed by atoms with E-state index in [9.17, 15) is 15.2 Å². The van der Waals surface area contributed by atoms with Gasteiger partial charge in [0.1, 0.15) is 6.04 Å². The topological polar surface area (TPSA) is 77.2 Å². The Balaban J connectivity index is 1.65. The van der Waals surface area contributed by atoms with Crippen LogP contribution in [0.2, 0.25) is 0 Å². The van der Waals surface area contributed by atoms with Gasteiger partial charge in [-0.25, -0.2) is 0 Å². The Kier molecular flexibility index (Phi) is 5.37. The van der Waals surface area contributed by atoms with E-state index >= 15 is 0 Å². The summed E-state index contributed by atoms with van der Waals surface area (Å²) in [7, 11) is 0. The molecule has 5 nitrogen and oxygen atoms in total. The highest BCUT2D eigenvalue weighted by Gasteiger charge is 2.51. The predicted molar refractivity (Wildman–Crippen MR) is 110 cm³/mol. The van der Waals surface area contributed by atoms with Crippen molar-refractivity contribution < 1.29 is 9.90 Å². The number of amides is 1. The highest BCUT2D eigenvalue weighted by Crippen LogP contribution is 2.44. The van der Waals surface area contributed by atoms with E-state index in [4.69, 9.17) is 0 Å². The van der Waals surface area contributed by atoms with Crippen molar-refractivity contribution in [3.05, 3.63) is 90.3 Å². The van der Waals surface area contributed by atoms with E-state index in [1.54, 1.807) is 24.5 Å². The minimum atomic E-state index is -0.605. The molecule has 1 saturated heterocycles. The number of hydrogen-bond donors (Lipinski definition) is 1. The Labute approximate surface area is 169 Å². The van der Waals surface area contributed by atoms with Crippen LogP contribution in [0.1, 0.15) is 17.0 Å². The molecule has 0 aliphatic carbocycles. The Morgan fingerprint density at radius 2 is 1.72 bits per heavy atom. The molecular formula is C24H21N3O2. The number of aliphatic hydroxyl groups is 1. The number of carbonyl (C=O) groups is 1. The van der Waals surface area contributed by atoms with Crippen molar-refractivity contribution in [2.45, 2.75) is 24.4 Å². The van der Waals surface area contributed by atoms with Crippen LogP contribution in [0.25, 0.3) is 11.1 Å². The van der Waals surface area contributed by atoms with Crippen molar-refractivity contribution in [1.82, 2.24) is 9.88 Å². The van der Waals surface area contributed by atoms with Gasteiger partial charge < -0.3 is 10.0 Å². The predicted octanol–water partition coefficient (Wildman–Crippen LogP) is 3.17. The van der Waals surface area contributed by atoms with E-state index in [-0.39, 0.29) is 24.9 Å². The quantitative estimate of drug-likeness (QED) is 0.734. The number of pyridine rings is 1. The van der Waals surface area contributed by atoms with Crippen molar-refractivity contribution in [2.24, 2.45) is 0 Å². The lowest BCUT2D eigenvalue weighted by Gasteiger charge is -2.52. The lowest BCUT2D eigenvalue weighted by molar-refractivity contribution is -0.146. The van der Waals surface area contributed by atoms with Crippen LogP contribution in [-0.4, -0.2) is 39.6 Å². The first-order valence-electron chi connectivity index (χ1n) is 9.59. The van der Waals surface area contributed by atoms with Crippen LogP contribution in [0, 0.1) is 11.3 Å². The molecule has 1 aliphatic heterocycles. The minimum Gasteiger partial charge on any atom is -0.394 e. The van der Waals surface area contributed by atoms with Gasteiger partial charge in [0, 0.05) is 18.3 Å². The molecule has 0 bridgehead atoms. The molecule has 0 spiro atoms. The summed E-state index contributed by atoms with van der Waals surface area (Å²) in [6, 6.07) is 22.7. The van der Waals surface area contributed by atoms with Gasteiger partial charge in [0.15, 0.2) is 0 Å². The summed E-state index contributed by atoms with van der Waals surface area (Å²) in [5.74, 6) is -0.391. The van der Waals surface area contributed by atoms with Crippen molar-refractivity contribution in [3.63, 3.8) is 0 Å². The van der Waals surface area contributed by atoms with Crippen LogP contribution >= 0.6 is 0 Å². The van der Waals surface area contributed by atoms with Crippen LogP contribution in [0.5, 0.6) is 0 Å². The van der Waals surface area contributed by atoms with Crippen LogP contribution in [0.3, 0.4) is 0 Å². The lowest BCUT2D eigenvalue weighted by atomic mass is 9.73. The standard InChI is InChI=1S/C24H21N3O2/c25-15-21-24(20-9-5-4-8-19(20)18-6-2-1-3-7-18)22(16-28)27(21)23(29)14-17-10-12-26-13-11-17/h1-13,21-22,24,28H,14,16H2/t21-,22+,24+/m1/s1. The van der Waals surface area contributed by atoms with Crippen LogP contribution in [-0.2, 0) is 11.2 Å². The molecule has 3 aromatic rings. The molecule has 1 fully saturated rings. The van der Waals surface area contributed by atoms with Crippen molar-refractivity contribution in [2.75, 3.05) is 6.61 Å². The van der Waals surface area contributed by atoms with Gasteiger partial charge in [-0.1, -0.05) is 54.6 Å². The molecule has 0 radical (unpaired) electrons. The molecule has 3 atom stereocenters. The summed E-state index contributed by atoms with van der Waals surface area (Å²) < 4.78 is 0. The second kappa shape index (κ2) is 8.26. The van der Waals surface area contributed by atoms with E-state index < -0.39 is 12.1 Å². The molecular weight excluding hydrogens is 362 g/mol. The zero-order valence-electron chi connectivity index (χ0n) is 15.8. The second-order valence-corrected chi connectivity index (χ2v) is 7.14. The SMILES string of the molecule is N#C[C@@H]1[C@H](c2ccccc2-c2ccccc2)[C@H](CO)N1C(=O)Cc1ccncc1. The Morgan fingerprint density at radius 1 is 1.03 bits per heavy atom.